The van der Waals surface area contributed by atoms with E-state index < -0.39 is 11.6 Å². The highest BCUT2D eigenvalue weighted by Gasteiger charge is 2.11. The molecule has 0 heterocycles. The van der Waals surface area contributed by atoms with Gasteiger partial charge in [-0.3, -0.25) is 4.79 Å². The second-order valence-corrected chi connectivity index (χ2v) is 2.14. The Bertz CT molecular complexity index is 309. The van der Waals surface area contributed by atoms with Crippen LogP contribution in [-0.2, 0) is 0 Å². The zero-order valence-corrected chi connectivity index (χ0v) is 6.37. The number of hydrogen-bond donors (Lipinski definition) is 1. The van der Waals surface area contributed by atoms with Crippen LogP contribution in [0.25, 0.3) is 0 Å². The summed E-state index contributed by atoms with van der Waals surface area (Å²) in [4.78, 5) is 10.2. The maximum atomic E-state index is 12.9. The SMILES string of the molecule is COc1ccc(C=O)c(O)c1F. The van der Waals surface area contributed by atoms with Crippen molar-refractivity contribution in [1.29, 1.82) is 0 Å². The lowest BCUT2D eigenvalue weighted by Gasteiger charge is -2.03. The number of carbonyl (C=O) groups excluding carboxylic acids is 1. The fourth-order valence-electron chi connectivity index (χ4n) is 0.814. The first-order valence-electron chi connectivity index (χ1n) is 3.21. The average Bonchev–Trinajstić information content (AvgIpc) is 2.10. The predicted octanol–water partition coefficient (Wildman–Crippen LogP) is 1.35. The molecule has 12 heavy (non-hydrogen) atoms. The average molecular weight is 170 g/mol. The van der Waals surface area contributed by atoms with Crippen molar-refractivity contribution in [1.82, 2.24) is 0 Å². The van der Waals surface area contributed by atoms with E-state index in [0.29, 0.717) is 6.29 Å². The van der Waals surface area contributed by atoms with Crippen molar-refractivity contribution in [3.05, 3.63) is 23.5 Å². The number of hydrogen-bond acceptors (Lipinski definition) is 3. The molecule has 0 saturated heterocycles. The summed E-state index contributed by atoms with van der Waals surface area (Å²) < 4.78 is 17.5. The first-order chi connectivity index (χ1) is 5.70. The Morgan fingerprint density at radius 3 is 2.75 bits per heavy atom. The van der Waals surface area contributed by atoms with Gasteiger partial charge in [-0.05, 0) is 12.1 Å². The van der Waals surface area contributed by atoms with E-state index in [1.807, 2.05) is 0 Å². The third-order valence-electron chi connectivity index (χ3n) is 1.46. The molecule has 3 nitrogen and oxygen atoms in total. The monoisotopic (exact) mass is 170 g/mol. The molecule has 0 atom stereocenters. The van der Waals surface area contributed by atoms with E-state index in [9.17, 15) is 9.18 Å². The van der Waals surface area contributed by atoms with Gasteiger partial charge in [0, 0.05) is 0 Å². The number of benzene rings is 1. The molecular formula is C8H7FO3. The Morgan fingerprint density at radius 2 is 2.25 bits per heavy atom. The van der Waals surface area contributed by atoms with Crippen molar-refractivity contribution in [2.45, 2.75) is 0 Å². The molecule has 0 unspecified atom stereocenters. The van der Waals surface area contributed by atoms with Crippen LogP contribution in [0.5, 0.6) is 11.5 Å². The molecule has 4 heteroatoms. The molecule has 0 amide bonds. The highest BCUT2D eigenvalue weighted by atomic mass is 19.1. The van der Waals surface area contributed by atoms with E-state index in [4.69, 9.17) is 5.11 Å². The van der Waals surface area contributed by atoms with Gasteiger partial charge in [0.15, 0.2) is 17.8 Å². The quantitative estimate of drug-likeness (QED) is 0.681. The number of halogens is 1. The fourth-order valence-corrected chi connectivity index (χ4v) is 0.814. The lowest BCUT2D eigenvalue weighted by atomic mass is 10.2. The normalized spacial score (nSPS) is 9.50. The van der Waals surface area contributed by atoms with E-state index in [2.05, 4.69) is 4.74 Å². The Kier molecular flexibility index (Phi) is 2.28. The smallest absolute Gasteiger partial charge is 0.207 e. The Balaban J connectivity index is 3.29. The molecule has 0 aliphatic heterocycles. The molecule has 1 rings (SSSR count). The highest BCUT2D eigenvalue weighted by Crippen LogP contribution is 2.27. The van der Waals surface area contributed by atoms with Gasteiger partial charge in [-0.1, -0.05) is 0 Å². The number of rotatable bonds is 2. The molecule has 0 saturated carbocycles. The molecule has 0 bridgehead atoms. The number of aldehydes is 1. The van der Waals surface area contributed by atoms with Crippen molar-refractivity contribution in [2.75, 3.05) is 7.11 Å². The van der Waals surface area contributed by atoms with E-state index >= 15 is 0 Å². The molecule has 1 N–H and O–H groups in total. The molecule has 64 valence electrons. The first-order valence-corrected chi connectivity index (χ1v) is 3.21. The highest BCUT2D eigenvalue weighted by molar-refractivity contribution is 5.79. The van der Waals surface area contributed by atoms with Crippen molar-refractivity contribution in [2.24, 2.45) is 0 Å². The Morgan fingerprint density at radius 1 is 1.58 bits per heavy atom. The minimum Gasteiger partial charge on any atom is -0.504 e. The minimum atomic E-state index is -0.915. The molecule has 1 aromatic carbocycles. The van der Waals surface area contributed by atoms with Crippen LogP contribution in [0.2, 0.25) is 0 Å². The van der Waals surface area contributed by atoms with Crippen LogP contribution in [0.3, 0.4) is 0 Å². The van der Waals surface area contributed by atoms with Crippen molar-refractivity contribution >= 4 is 6.29 Å². The molecule has 0 spiro atoms. The summed E-state index contributed by atoms with van der Waals surface area (Å²) in [6.07, 6.45) is 0.373. The molecular weight excluding hydrogens is 163 g/mol. The summed E-state index contributed by atoms with van der Waals surface area (Å²) in [6.45, 7) is 0. The number of phenols is 1. The Labute approximate surface area is 68.4 Å². The van der Waals surface area contributed by atoms with Gasteiger partial charge in [-0.25, -0.2) is 0 Å². The van der Waals surface area contributed by atoms with Gasteiger partial charge in [0.1, 0.15) is 0 Å². The van der Waals surface area contributed by atoms with E-state index in [-0.39, 0.29) is 11.3 Å². The number of carbonyl (C=O) groups is 1. The Hall–Kier alpha value is -1.58. The van der Waals surface area contributed by atoms with Crippen LogP contribution < -0.4 is 4.74 Å². The third-order valence-corrected chi connectivity index (χ3v) is 1.46. The number of ether oxygens (including phenoxy) is 1. The zero-order valence-electron chi connectivity index (χ0n) is 6.37. The standard InChI is InChI=1S/C8H7FO3/c1-12-6-3-2-5(4-10)8(11)7(6)9/h2-4,11H,1H3. The summed E-state index contributed by atoms with van der Waals surface area (Å²) in [5.74, 6) is -1.68. The fraction of sp³-hybridized carbons (Fsp3) is 0.125. The molecule has 0 radical (unpaired) electrons. The van der Waals surface area contributed by atoms with Crippen LogP contribution in [0, 0.1) is 5.82 Å². The van der Waals surface area contributed by atoms with Gasteiger partial charge < -0.3 is 9.84 Å². The number of phenolic OH excluding ortho intramolecular Hbond substituents is 1. The lowest BCUT2D eigenvalue weighted by molar-refractivity contribution is 0.112. The van der Waals surface area contributed by atoms with E-state index in [1.165, 1.54) is 19.2 Å². The molecule has 0 aliphatic carbocycles. The lowest BCUT2D eigenvalue weighted by Crippen LogP contribution is -1.91. The van der Waals surface area contributed by atoms with E-state index in [1.54, 1.807) is 0 Å². The van der Waals surface area contributed by atoms with E-state index in [0.717, 1.165) is 0 Å². The van der Waals surface area contributed by atoms with Gasteiger partial charge in [0.25, 0.3) is 0 Å². The number of methoxy groups -OCH3 is 1. The van der Waals surface area contributed by atoms with Gasteiger partial charge in [-0.2, -0.15) is 4.39 Å². The van der Waals surface area contributed by atoms with Crippen molar-refractivity contribution < 1.29 is 19.0 Å². The third kappa shape index (κ3) is 1.23. The zero-order chi connectivity index (χ0) is 9.14. The van der Waals surface area contributed by atoms with Gasteiger partial charge >= 0.3 is 0 Å². The van der Waals surface area contributed by atoms with Crippen LogP contribution in [0.4, 0.5) is 4.39 Å². The van der Waals surface area contributed by atoms with Gasteiger partial charge in [0.2, 0.25) is 5.82 Å². The summed E-state index contributed by atoms with van der Waals surface area (Å²) in [5.41, 5.74) is -0.0895. The summed E-state index contributed by atoms with van der Waals surface area (Å²) in [7, 11) is 1.28. The summed E-state index contributed by atoms with van der Waals surface area (Å²) in [5, 5.41) is 9.02. The number of aromatic hydroxyl groups is 1. The van der Waals surface area contributed by atoms with Gasteiger partial charge in [-0.15, -0.1) is 0 Å². The second kappa shape index (κ2) is 3.21. The van der Waals surface area contributed by atoms with Crippen molar-refractivity contribution in [3.8, 4) is 11.5 Å². The second-order valence-electron chi connectivity index (χ2n) is 2.14. The minimum absolute atomic E-state index is 0.0851. The molecule has 0 aromatic heterocycles. The van der Waals surface area contributed by atoms with Crippen molar-refractivity contribution in [3.63, 3.8) is 0 Å². The predicted molar refractivity (Wildman–Crippen MR) is 40.0 cm³/mol. The van der Waals surface area contributed by atoms with Crippen LogP contribution in [0.15, 0.2) is 12.1 Å². The topological polar surface area (TPSA) is 46.5 Å². The van der Waals surface area contributed by atoms with Gasteiger partial charge in [0.05, 0.1) is 12.7 Å². The van der Waals surface area contributed by atoms with Crippen LogP contribution >= 0.6 is 0 Å². The summed E-state index contributed by atoms with van der Waals surface area (Å²) in [6, 6.07) is 2.56. The largest absolute Gasteiger partial charge is 0.504 e. The van der Waals surface area contributed by atoms with Crippen LogP contribution in [0.1, 0.15) is 10.4 Å². The first kappa shape index (κ1) is 8.52. The molecule has 1 aromatic rings. The maximum Gasteiger partial charge on any atom is 0.207 e. The maximum absolute atomic E-state index is 12.9. The molecule has 0 fully saturated rings. The van der Waals surface area contributed by atoms with Crippen LogP contribution in [-0.4, -0.2) is 18.5 Å². The summed E-state index contributed by atoms with van der Waals surface area (Å²) >= 11 is 0. The molecule has 0 aliphatic rings.